The van der Waals surface area contributed by atoms with Crippen LogP contribution in [0.25, 0.3) is 0 Å². The molecule has 0 saturated heterocycles. The summed E-state index contributed by atoms with van der Waals surface area (Å²) in [6.07, 6.45) is 1.40. The molecule has 0 fully saturated rings. The zero-order valence-corrected chi connectivity index (χ0v) is 10.4. The Bertz CT molecular complexity index is 81.6. The van der Waals surface area contributed by atoms with Crippen molar-refractivity contribution in [2.45, 2.75) is 48.8 Å². The molecule has 0 aromatic rings. The minimum Gasteiger partial charge on any atom is -0.174 e. The maximum absolute atomic E-state index is 2.37. The molecule has 0 aliphatic carbocycles. The SMILES string of the molecule is CCS[CH](CC)[Al]([CH2]C)[CH2]C. The van der Waals surface area contributed by atoms with Crippen LogP contribution in [0, 0.1) is 0 Å². The molecular weight excluding hydrogens is 167 g/mol. The first kappa shape index (κ1) is 11.9. The van der Waals surface area contributed by atoms with Crippen molar-refractivity contribution in [3.63, 3.8) is 0 Å². The van der Waals surface area contributed by atoms with Gasteiger partial charge >= 0.3 is 0 Å². The van der Waals surface area contributed by atoms with Gasteiger partial charge in [-0.1, -0.05) is 44.7 Å². The topological polar surface area (TPSA) is 0 Å². The molecule has 1 unspecified atom stereocenters. The summed E-state index contributed by atoms with van der Waals surface area (Å²) in [5.74, 6) is 1.31. The first-order valence-corrected chi connectivity index (χ1v) is 8.26. The Morgan fingerprint density at radius 2 is 1.64 bits per heavy atom. The normalized spacial score (nSPS) is 13.1. The third kappa shape index (κ3) is 4.46. The quantitative estimate of drug-likeness (QED) is 0.574. The molecule has 0 radical (unpaired) electrons. The van der Waals surface area contributed by atoms with Crippen LogP contribution < -0.4 is 0 Å². The summed E-state index contributed by atoms with van der Waals surface area (Å²) < 4.78 is 1.05. The van der Waals surface area contributed by atoms with Crippen molar-refractivity contribution >= 4 is 25.9 Å². The van der Waals surface area contributed by atoms with Gasteiger partial charge in [0.15, 0.2) is 0 Å². The molecule has 0 spiro atoms. The van der Waals surface area contributed by atoms with Crippen LogP contribution in [0.15, 0.2) is 0 Å². The summed E-state index contributed by atoms with van der Waals surface area (Å²) in [6.45, 7) is 9.38. The lowest BCUT2D eigenvalue weighted by Crippen LogP contribution is -2.25. The molecule has 0 saturated carbocycles. The van der Waals surface area contributed by atoms with Gasteiger partial charge in [0.2, 0.25) is 0 Å². The van der Waals surface area contributed by atoms with Gasteiger partial charge in [-0.15, -0.1) is 0 Å². The molecule has 0 bridgehead atoms. The van der Waals surface area contributed by atoms with Crippen LogP contribution in [0.3, 0.4) is 0 Å². The van der Waals surface area contributed by atoms with Gasteiger partial charge in [-0.3, -0.25) is 0 Å². The predicted octanol–water partition coefficient (Wildman–Crippen LogP) is 3.59. The molecule has 0 aromatic carbocycles. The van der Waals surface area contributed by atoms with Crippen LogP contribution in [0.5, 0.6) is 0 Å². The third-order valence-electron chi connectivity index (χ3n) is 2.36. The summed E-state index contributed by atoms with van der Waals surface area (Å²) in [6, 6.07) is 0. The third-order valence-corrected chi connectivity index (χ3v) is 8.81. The fourth-order valence-electron chi connectivity index (χ4n) is 1.62. The van der Waals surface area contributed by atoms with Gasteiger partial charge in [-0.25, -0.2) is 0 Å². The minimum absolute atomic E-state index is 0.362. The highest BCUT2D eigenvalue weighted by molar-refractivity contribution is 8.01. The molecule has 0 amide bonds. The van der Waals surface area contributed by atoms with Gasteiger partial charge in [0.1, 0.15) is 0 Å². The van der Waals surface area contributed by atoms with E-state index in [1.54, 1.807) is 0 Å². The van der Waals surface area contributed by atoms with Crippen LogP contribution in [-0.2, 0) is 0 Å². The summed E-state index contributed by atoms with van der Waals surface area (Å²) in [7, 11) is 0. The molecule has 0 aromatic heterocycles. The van der Waals surface area contributed by atoms with E-state index in [2.05, 4.69) is 39.5 Å². The monoisotopic (exact) mass is 188 g/mol. The largest absolute Gasteiger partial charge is 0.279 e. The number of hydrogen-bond donors (Lipinski definition) is 0. The predicted molar refractivity (Wildman–Crippen MR) is 58.9 cm³/mol. The van der Waals surface area contributed by atoms with Crippen molar-refractivity contribution in [3.8, 4) is 0 Å². The first-order valence-electron chi connectivity index (χ1n) is 4.91. The maximum atomic E-state index is 2.37. The van der Waals surface area contributed by atoms with Crippen molar-refractivity contribution in [1.82, 2.24) is 0 Å². The molecule has 0 N–H and O–H groups in total. The second-order valence-electron chi connectivity index (χ2n) is 2.98. The Labute approximate surface area is 80.5 Å². The molecule has 2 heteroatoms. The Hall–Kier alpha value is 0.882. The van der Waals surface area contributed by atoms with E-state index in [4.69, 9.17) is 0 Å². The van der Waals surface area contributed by atoms with Crippen molar-refractivity contribution in [2.75, 3.05) is 5.75 Å². The van der Waals surface area contributed by atoms with Crippen molar-refractivity contribution in [3.05, 3.63) is 0 Å². The zero-order chi connectivity index (χ0) is 8.69. The zero-order valence-electron chi connectivity index (χ0n) is 8.39. The lowest BCUT2D eigenvalue weighted by atomic mass is 10.6. The smallest absolute Gasteiger partial charge is 0.174 e. The van der Waals surface area contributed by atoms with E-state index in [0.29, 0.717) is 0 Å². The molecule has 11 heavy (non-hydrogen) atoms. The van der Waals surface area contributed by atoms with Crippen molar-refractivity contribution < 1.29 is 0 Å². The molecule has 0 heterocycles. The van der Waals surface area contributed by atoms with Crippen LogP contribution >= 0.6 is 11.8 Å². The van der Waals surface area contributed by atoms with Crippen LogP contribution in [0.1, 0.15) is 34.1 Å². The lowest BCUT2D eigenvalue weighted by molar-refractivity contribution is 1.00. The van der Waals surface area contributed by atoms with E-state index in [9.17, 15) is 0 Å². The van der Waals surface area contributed by atoms with Crippen LogP contribution in [0.4, 0.5) is 0 Å². The van der Waals surface area contributed by atoms with Gasteiger partial charge in [0.25, 0.3) is 14.1 Å². The highest BCUT2D eigenvalue weighted by Crippen LogP contribution is 2.21. The first-order chi connectivity index (χ1) is 5.29. The minimum atomic E-state index is -0.362. The summed E-state index contributed by atoms with van der Waals surface area (Å²) >= 11 is 1.83. The average molecular weight is 188 g/mol. The molecule has 0 nitrogen and oxygen atoms in total. The Kier molecular flexibility index (Phi) is 8.13. The fourth-order valence-corrected chi connectivity index (χ4v) is 7.40. The van der Waals surface area contributed by atoms with Gasteiger partial charge in [0, 0.05) is 0 Å². The molecular formula is C9H21AlS. The average Bonchev–Trinajstić information content (AvgIpc) is 2.05. The van der Waals surface area contributed by atoms with E-state index in [1.165, 1.54) is 22.7 Å². The molecule has 1 atom stereocenters. The highest BCUT2D eigenvalue weighted by Gasteiger charge is 2.22. The standard InChI is InChI=1S/C5H11S.2C2H5.Al/c1-3-5-6-4-2;2*1-2;/h5H,3-4H2,1-2H3;2*1H2,2H3;. The highest BCUT2D eigenvalue weighted by atomic mass is 32.2. The molecule has 0 aliphatic rings. The van der Waals surface area contributed by atoms with Gasteiger partial charge in [-0.2, -0.15) is 11.8 Å². The van der Waals surface area contributed by atoms with E-state index in [0.717, 1.165) is 4.11 Å². The number of hydrogen-bond acceptors (Lipinski definition) is 1. The maximum Gasteiger partial charge on any atom is 0.279 e. The molecule has 66 valence electrons. The van der Waals surface area contributed by atoms with Crippen molar-refractivity contribution in [1.29, 1.82) is 0 Å². The van der Waals surface area contributed by atoms with E-state index in [-0.39, 0.29) is 14.1 Å². The Balaban J connectivity index is 3.76. The second-order valence-corrected chi connectivity index (χ2v) is 8.94. The van der Waals surface area contributed by atoms with Gasteiger partial charge < -0.3 is 0 Å². The van der Waals surface area contributed by atoms with Crippen LogP contribution in [-0.4, -0.2) is 24.0 Å². The fraction of sp³-hybridized carbons (Fsp3) is 1.00. The summed E-state index contributed by atoms with van der Waals surface area (Å²) in [5, 5.41) is 2.98. The van der Waals surface area contributed by atoms with E-state index < -0.39 is 0 Å². The van der Waals surface area contributed by atoms with E-state index >= 15 is 0 Å². The molecule has 0 rings (SSSR count). The Morgan fingerprint density at radius 3 is 1.91 bits per heavy atom. The second kappa shape index (κ2) is 7.53. The lowest BCUT2D eigenvalue weighted by Gasteiger charge is -2.18. The number of thioether (sulfide) groups is 1. The Morgan fingerprint density at radius 1 is 1.09 bits per heavy atom. The summed E-state index contributed by atoms with van der Waals surface area (Å²) in [4.78, 5) is 0. The van der Waals surface area contributed by atoms with Crippen LogP contribution in [0.2, 0.25) is 10.6 Å². The van der Waals surface area contributed by atoms with Gasteiger partial charge in [-0.05, 0) is 9.86 Å². The van der Waals surface area contributed by atoms with Gasteiger partial charge in [0.05, 0.1) is 0 Å². The van der Waals surface area contributed by atoms with Crippen molar-refractivity contribution in [2.24, 2.45) is 0 Å². The molecule has 0 aliphatic heterocycles. The summed E-state index contributed by atoms with van der Waals surface area (Å²) in [5.41, 5.74) is 0. The van der Waals surface area contributed by atoms with E-state index in [1.807, 2.05) is 0 Å². The number of rotatable bonds is 6.